The van der Waals surface area contributed by atoms with Gasteiger partial charge in [-0.2, -0.15) is 0 Å². The van der Waals surface area contributed by atoms with Gasteiger partial charge in [0.2, 0.25) is 0 Å². The molecule has 1 heterocycles. The Hall–Kier alpha value is -1.88. The summed E-state index contributed by atoms with van der Waals surface area (Å²) in [4.78, 5) is 0. The van der Waals surface area contributed by atoms with E-state index in [9.17, 15) is 0 Å². The van der Waals surface area contributed by atoms with Crippen LogP contribution < -0.4 is 0 Å². The van der Waals surface area contributed by atoms with Crippen LogP contribution >= 0.6 is 21.6 Å². The summed E-state index contributed by atoms with van der Waals surface area (Å²) in [6.07, 6.45) is 0. The Balaban J connectivity index is 1.84. The number of hydrogen-bond donors (Lipinski definition) is 0. The molecule has 0 bridgehead atoms. The van der Waals surface area contributed by atoms with Crippen molar-refractivity contribution in [1.82, 2.24) is 0 Å². The molecule has 0 amide bonds. The Morgan fingerprint density at radius 2 is 0.645 bits per heavy atom. The van der Waals surface area contributed by atoms with E-state index in [2.05, 4.69) is 154 Å². The molecule has 154 valence electrons. The van der Waals surface area contributed by atoms with Crippen LogP contribution in [-0.2, 0) is 7.16 Å². The first-order chi connectivity index (χ1) is 15.1. The Bertz CT molecular complexity index is 971. The Morgan fingerprint density at radius 1 is 0.419 bits per heavy atom. The van der Waals surface area contributed by atoms with Crippen molar-refractivity contribution in [3.05, 3.63) is 144 Å². The molecule has 1 fully saturated rings. The molecule has 1 aliphatic heterocycles. The number of hydrogen-bond acceptors (Lipinski definition) is 2. The third-order valence-electron chi connectivity index (χ3n) is 6.77. The van der Waals surface area contributed by atoms with Gasteiger partial charge in [0.05, 0.1) is 0 Å². The predicted molar refractivity (Wildman–Crippen MR) is 140 cm³/mol. The molecule has 0 aliphatic carbocycles. The van der Waals surface area contributed by atoms with Crippen molar-refractivity contribution >= 4 is 34.9 Å². The second-order valence-electron chi connectivity index (χ2n) is 8.62. The molecule has 5 rings (SSSR count). The summed E-state index contributed by atoms with van der Waals surface area (Å²) in [7, 11) is 4.20. The SMILES string of the molecule is [CH3][Ge]1([CH3])[C](c2ccccc2)(c2ccccc2)SS[C]1(c1ccccc1)c1ccccc1. The van der Waals surface area contributed by atoms with E-state index in [1.165, 1.54) is 22.3 Å². The van der Waals surface area contributed by atoms with E-state index in [1.54, 1.807) is 0 Å². The quantitative estimate of drug-likeness (QED) is 0.206. The number of rotatable bonds is 4. The minimum absolute atomic E-state index is 0.0150. The van der Waals surface area contributed by atoms with Crippen LogP contribution in [0, 0.1) is 0 Å². The van der Waals surface area contributed by atoms with Crippen molar-refractivity contribution in [3.8, 4) is 0 Å². The number of benzene rings is 4. The van der Waals surface area contributed by atoms with Crippen molar-refractivity contribution in [2.24, 2.45) is 0 Å². The first-order valence-corrected chi connectivity index (χ1v) is 19.2. The van der Waals surface area contributed by atoms with Crippen molar-refractivity contribution < 1.29 is 0 Å². The van der Waals surface area contributed by atoms with Gasteiger partial charge in [0.15, 0.2) is 0 Å². The molecule has 0 spiro atoms. The molecule has 1 aliphatic rings. The van der Waals surface area contributed by atoms with Gasteiger partial charge in [-0.3, -0.25) is 0 Å². The van der Waals surface area contributed by atoms with Gasteiger partial charge in [0, 0.05) is 0 Å². The zero-order valence-electron chi connectivity index (χ0n) is 17.9. The average Bonchev–Trinajstić information content (AvgIpc) is 3.10. The Labute approximate surface area is 196 Å². The zero-order valence-corrected chi connectivity index (χ0v) is 21.6. The van der Waals surface area contributed by atoms with Crippen LogP contribution in [0.2, 0.25) is 11.5 Å². The van der Waals surface area contributed by atoms with Gasteiger partial charge in [-0.1, -0.05) is 0 Å². The molecule has 1 saturated heterocycles. The molecule has 0 radical (unpaired) electrons. The molecule has 0 saturated carbocycles. The Morgan fingerprint density at radius 3 is 0.871 bits per heavy atom. The van der Waals surface area contributed by atoms with Crippen LogP contribution in [0.4, 0.5) is 0 Å². The summed E-state index contributed by atoms with van der Waals surface area (Å²) < 4.78 is -0.0300. The molecule has 0 atom stereocenters. The molecule has 3 heteroatoms. The van der Waals surface area contributed by atoms with Gasteiger partial charge in [-0.05, 0) is 0 Å². The fourth-order valence-electron chi connectivity index (χ4n) is 5.24. The summed E-state index contributed by atoms with van der Waals surface area (Å²) in [5, 5.41) is 0. The summed E-state index contributed by atoms with van der Waals surface area (Å²) in [5.41, 5.74) is 5.77. The minimum atomic E-state index is -2.84. The first kappa shape index (κ1) is 21.0. The van der Waals surface area contributed by atoms with Crippen LogP contribution in [0.5, 0.6) is 0 Å². The average molecular weight is 499 g/mol. The van der Waals surface area contributed by atoms with Crippen LogP contribution in [0.15, 0.2) is 121 Å². The van der Waals surface area contributed by atoms with E-state index in [4.69, 9.17) is 0 Å². The van der Waals surface area contributed by atoms with Gasteiger partial charge in [-0.15, -0.1) is 0 Å². The third-order valence-corrected chi connectivity index (χ3v) is 28.3. The Kier molecular flexibility index (Phi) is 5.58. The topological polar surface area (TPSA) is 0 Å². The van der Waals surface area contributed by atoms with E-state index >= 15 is 0 Å². The van der Waals surface area contributed by atoms with E-state index < -0.39 is 13.3 Å². The molecule has 4 aromatic carbocycles. The molecular weight excluding hydrogens is 473 g/mol. The molecule has 0 N–H and O–H groups in total. The fraction of sp³-hybridized carbons (Fsp3) is 0.143. The first-order valence-electron chi connectivity index (χ1n) is 10.7. The second-order valence-corrected chi connectivity index (χ2v) is 22.7. The molecule has 0 aromatic heterocycles. The van der Waals surface area contributed by atoms with E-state index in [1.807, 2.05) is 0 Å². The van der Waals surface area contributed by atoms with E-state index in [-0.39, 0.29) is 7.16 Å². The molecule has 0 unspecified atom stereocenters. The summed E-state index contributed by atoms with van der Waals surface area (Å²) in [5.74, 6) is 5.29. The van der Waals surface area contributed by atoms with Crippen LogP contribution in [0.1, 0.15) is 22.3 Å². The van der Waals surface area contributed by atoms with E-state index in [0.717, 1.165) is 0 Å². The molecule has 4 aromatic rings. The maximum atomic E-state index is 2.65. The van der Waals surface area contributed by atoms with Crippen LogP contribution in [0.3, 0.4) is 0 Å². The van der Waals surface area contributed by atoms with Gasteiger partial charge in [-0.25, -0.2) is 0 Å². The fourth-order valence-corrected chi connectivity index (χ4v) is 29.9. The molecule has 0 nitrogen and oxygen atoms in total. The second kappa shape index (κ2) is 8.23. The monoisotopic (exact) mass is 500 g/mol. The van der Waals surface area contributed by atoms with Crippen LogP contribution in [-0.4, -0.2) is 13.3 Å². The summed E-state index contributed by atoms with van der Waals surface area (Å²) in [6.45, 7) is 0. The molecule has 31 heavy (non-hydrogen) atoms. The van der Waals surface area contributed by atoms with Gasteiger partial charge >= 0.3 is 197 Å². The standard InChI is InChI=1S/C28H26GeS2/c1-29(2)27(23-15-7-3-8-16-23,24-17-9-4-10-18-24)30-31-28(29,25-19-11-5-12-20-25)26-21-13-6-14-22-26/h3-22H,1-2H3. The molecular formula is C28H26GeS2. The predicted octanol–water partition coefficient (Wildman–Crippen LogP) is 8.06. The summed E-state index contributed by atoms with van der Waals surface area (Å²) in [6, 6.07) is 44.9. The van der Waals surface area contributed by atoms with Gasteiger partial charge in [0.25, 0.3) is 0 Å². The van der Waals surface area contributed by atoms with Gasteiger partial charge < -0.3 is 0 Å². The third kappa shape index (κ3) is 3.07. The summed E-state index contributed by atoms with van der Waals surface area (Å²) >= 11 is -2.84. The van der Waals surface area contributed by atoms with Gasteiger partial charge in [0.1, 0.15) is 0 Å². The normalized spacial score (nSPS) is 18.5. The van der Waals surface area contributed by atoms with Crippen molar-refractivity contribution in [2.75, 3.05) is 0 Å². The maximum absolute atomic E-state index is 2.84. The van der Waals surface area contributed by atoms with Crippen molar-refractivity contribution in [1.29, 1.82) is 0 Å². The zero-order chi connectivity index (χ0) is 21.4. The van der Waals surface area contributed by atoms with E-state index in [0.29, 0.717) is 0 Å². The van der Waals surface area contributed by atoms with Crippen LogP contribution in [0.25, 0.3) is 0 Å². The van der Waals surface area contributed by atoms with Crippen molar-refractivity contribution in [3.63, 3.8) is 0 Å². The van der Waals surface area contributed by atoms with Crippen molar-refractivity contribution in [2.45, 2.75) is 18.7 Å².